The molecular weight excluding hydrogens is 442 g/mol. The largest absolute Gasteiger partial charge is 0.462 e. The zero-order chi connectivity index (χ0) is 21.7. The molecule has 0 radical (unpaired) electrons. The molecule has 0 saturated carbocycles. The number of carbonyl (C=O) groups excluding carboxylic acids is 2. The summed E-state index contributed by atoms with van der Waals surface area (Å²) < 4.78 is 5.65. The van der Waals surface area contributed by atoms with Crippen LogP contribution in [0.3, 0.4) is 0 Å². The summed E-state index contributed by atoms with van der Waals surface area (Å²) in [6.45, 7) is 4.69. The Morgan fingerprint density at radius 2 is 1.97 bits per heavy atom. The van der Waals surface area contributed by atoms with Crippen molar-refractivity contribution < 1.29 is 14.3 Å². The van der Waals surface area contributed by atoms with Crippen LogP contribution in [0.2, 0.25) is 4.34 Å². The Hall–Kier alpha value is -2.26. The summed E-state index contributed by atoms with van der Waals surface area (Å²) in [5, 5.41) is 4.23. The van der Waals surface area contributed by atoms with Crippen LogP contribution in [-0.4, -0.2) is 42.0 Å². The maximum absolute atomic E-state index is 12.7. The highest BCUT2D eigenvalue weighted by atomic mass is 35.5. The molecular formula is C21H22ClN3O3S2. The molecule has 0 aliphatic heterocycles. The highest BCUT2D eigenvalue weighted by Gasteiger charge is 2.26. The Morgan fingerprint density at radius 1 is 1.23 bits per heavy atom. The number of aryl methyl sites for hydroxylation is 1. The third kappa shape index (κ3) is 5.46. The first-order chi connectivity index (χ1) is 14.4. The summed E-state index contributed by atoms with van der Waals surface area (Å²) in [4.78, 5) is 32.5. The smallest absolute Gasteiger partial charge is 0.341 e. The van der Waals surface area contributed by atoms with E-state index >= 15 is 0 Å². The molecule has 3 aromatic rings. The molecule has 1 N–H and O–H groups in total. The molecule has 30 heavy (non-hydrogen) atoms. The number of thiophene rings is 1. The number of hydrogen-bond donors (Lipinski definition) is 1. The maximum atomic E-state index is 12.7. The van der Waals surface area contributed by atoms with Gasteiger partial charge < -0.3 is 10.1 Å². The van der Waals surface area contributed by atoms with E-state index in [0.29, 0.717) is 21.4 Å². The van der Waals surface area contributed by atoms with E-state index in [4.69, 9.17) is 16.3 Å². The van der Waals surface area contributed by atoms with Gasteiger partial charge in [-0.15, -0.1) is 22.7 Å². The molecule has 0 spiro atoms. The summed E-state index contributed by atoms with van der Waals surface area (Å²) in [6, 6.07) is 9.36. The molecule has 0 fully saturated rings. The Morgan fingerprint density at radius 3 is 2.60 bits per heavy atom. The summed E-state index contributed by atoms with van der Waals surface area (Å²) in [5.74, 6) is -0.745. The minimum Gasteiger partial charge on any atom is -0.462 e. The van der Waals surface area contributed by atoms with Crippen molar-refractivity contribution in [3.05, 3.63) is 56.3 Å². The summed E-state index contributed by atoms with van der Waals surface area (Å²) in [7, 11) is 1.86. The van der Waals surface area contributed by atoms with Gasteiger partial charge >= 0.3 is 5.97 Å². The predicted molar refractivity (Wildman–Crippen MR) is 123 cm³/mol. The van der Waals surface area contributed by atoms with E-state index in [0.717, 1.165) is 26.8 Å². The van der Waals surface area contributed by atoms with Gasteiger partial charge in [0.2, 0.25) is 5.91 Å². The molecule has 0 saturated heterocycles. The molecule has 3 rings (SSSR count). The third-order valence-corrected chi connectivity index (χ3v) is 6.38. The van der Waals surface area contributed by atoms with Crippen molar-refractivity contribution in [2.24, 2.45) is 0 Å². The van der Waals surface area contributed by atoms with E-state index in [9.17, 15) is 9.59 Å². The van der Waals surface area contributed by atoms with E-state index in [-0.39, 0.29) is 24.6 Å². The van der Waals surface area contributed by atoms with Gasteiger partial charge in [0, 0.05) is 23.2 Å². The number of likely N-dealkylation sites (N-methyl/N-ethyl adjacent to an activating group) is 1. The molecule has 0 aliphatic carbocycles. The average Bonchev–Trinajstić information content (AvgIpc) is 3.24. The van der Waals surface area contributed by atoms with Crippen molar-refractivity contribution in [2.45, 2.75) is 20.4 Å². The van der Waals surface area contributed by atoms with Crippen molar-refractivity contribution in [1.82, 2.24) is 9.88 Å². The molecule has 2 aromatic heterocycles. The number of carbonyl (C=O) groups is 2. The number of hydrogen-bond acceptors (Lipinski definition) is 7. The number of esters is 1. The summed E-state index contributed by atoms with van der Waals surface area (Å²) in [5.41, 5.74) is 1.65. The van der Waals surface area contributed by atoms with Crippen molar-refractivity contribution in [3.8, 4) is 11.1 Å². The van der Waals surface area contributed by atoms with Gasteiger partial charge in [-0.1, -0.05) is 41.9 Å². The Bertz CT molecular complexity index is 1030. The topological polar surface area (TPSA) is 71.5 Å². The normalized spacial score (nSPS) is 11.0. The lowest BCUT2D eigenvalue weighted by molar-refractivity contribution is -0.117. The average molecular weight is 464 g/mol. The number of benzene rings is 1. The van der Waals surface area contributed by atoms with Crippen LogP contribution in [0, 0.1) is 6.92 Å². The first-order valence-corrected chi connectivity index (χ1v) is 11.3. The Kier molecular flexibility index (Phi) is 7.60. The highest BCUT2D eigenvalue weighted by molar-refractivity contribution is 7.21. The first-order valence-electron chi connectivity index (χ1n) is 9.33. The maximum Gasteiger partial charge on any atom is 0.341 e. The zero-order valence-corrected chi connectivity index (χ0v) is 19.3. The number of rotatable bonds is 8. The molecule has 0 unspecified atom stereocenters. The fourth-order valence-corrected chi connectivity index (χ4v) is 5.23. The van der Waals surface area contributed by atoms with Gasteiger partial charge in [-0.25, -0.2) is 9.78 Å². The number of thiazole rings is 1. The van der Waals surface area contributed by atoms with Gasteiger partial charge in [0.25, 0.3) is 0 Å². The van der Waals surface area contributed by atoms with Crippen LogP contribution >= 0.6 is 34.3 Å². The monoisotopic (exact) mass is 463 g/mol. The van der Waals surface area contributed by atoms with Gasteiger partial charge in [-0.05, 0) is 26.5 Å². The number of nitrogens with one attached hydrogen (secondary N) is 1. The molecule has 0 aliphatic rings. The molecule has 2 heterocycles. The molecule has 9 heteroatoms. The molecule has 1 amide bonds. The van der Waals surface area contributed by atoms with E-state index in [1.54, 1.807) is 18.3 Å². The van der Waals surface area contributed by atoms with Gasteiger partial charge in [0.05, 0.1) is 18.2 Å². The van der Waals surface area contributed by atoms with E-state index < -0.39 is 5.97 Å². The number of halogens is 1. The Labute approximate surface area is 188 Å². The zero-order valence-electron chi connectivity index (χ0n) is 16.9. The molecule has 1 aromatic carbocycles. The van der Waals surface area contributed by atoms with Crippen LogP contribution in [0.15, 0.2) is 36.5 Å². The second-order valence-electron chi connectivity index (χ2n) is 6.61. The second-order valence-corrected chi connectivity index (χ2v) is 9.55. The number of ether oxygens (including phenoxy) is 1. The van der Waals surface area contributed by atoms with Gasteiger partial charge in [-0.2, -0.15) is 0 Å². The quantitative estimate of drug-likeness (QED) is 0.471. The van der Waals surface area contributed by atoms with Crippen LogP contribution in [0.5, 0.6) is 0 Å². The molecule has 6 nitrogen and oxygen atoms in total. The number of aromatic nitrogens is 1. The number of anilines is 1. The number of amides is 1. The fraction of sp³-hybridized carbons (Fsp3) is 0.286. The first kappa shape index (κ1) is 22.4. The molecule has 158 valence electrons. The highest BCUT2D eigenvalue weighted by Crippen LogP contribution is 2.43. The van der Waals surface area contributed by atoms with Gasteiger partial charge in [0.1, 0.15) is 14.9 Å². The van der Waals surface area contributed by atoms with Gasteiger partial charge in [-0.3, -0.25) is 9.69 Å². The van der Waals surface area contributed by atoms with Crippen LogP contribution in [-0.2, 0) is 16.1 Å². The minimum absolute atomic E-state index is 0.162. The fourth-order valence-electron chi connectivity index (χ4n) is 2.96. The second kappa shape index (κ2) is 10.2. The molecule has 0 bridgehead atoms. The lowest BCUT2D eigenvalue weighted by atomic mass is 10.0. The van der Waals surface area contributed by atoms with Crippen LogP contribution < -0.4 is 5.32 Å². The van der Waals surface area contributed by atoms with Crippen molar-refractivity contribution >= 4 is 51.2 Å². The predicted octanol–water partition coefficient (Wildman–Crippen LogP) is 5.08. The summed E-state index contributed by atoms with van der Waals surface area (Å²) in [6.07, 6.45) is 1.82. The minimum atomic E-state index is -0.511. The van der Waals surface area contributed by atoms with Gasteiger partial charge in [0.15, 0.2) is 0 Å². The standard InChI is InChI=1S/C21H22ClN3O3S2/c1-4-28-21(27)18-17(14-8-6-5-7-9-14)19(22)30-20(18)24-16(26)12-25(3)11-15-10-23-13(2)29-15/h5-10H,4,11-12H2,1-3H3,(H,24,26). The lowest BCUT2D eigenvalue weighted by Crippen LogP contribution is -2.29. The van der Waals surface area contributed by atoms with Crippen molar-refractivity contribution in [3.63, 3.8) is 0 Å². The van der Waals surface area contributed by atoms with Crippen LogP contribution in [0.4, 0.5) is 5.00 Å². The SMILES string of the molecule is CCOC(=O)c1c(NC(=O)CN(C)Cc2cnc(C)s2)sc(Cl)c1-c1ccccc1. The number of nitrogens with zero attached hydrogens (tertiary/aromatic N) is 2. The summed E-state index contributed by atoms with van der Waals surface area (Å²) >= 11 is 9.23. The molecule has 0 atom stereocenters. The Balaban J connectivity index is 1.80. The van der Waals surface area contributed by atoms with Crippen molar-refractivity contribution in [2.75, 3.05) is 25.5 Å². The third-order valence-electron chi connectivity index (χ3n) is 4.17. The van der Waals surface area contributed by atoms with E-state index in [1.807, 2.05) is 55.4 Å². The van der Waals surface area contributed by atoms with E-state index in [1.165, 1.54) is 0 Å². The van der Waals surface area contributed by atoms with Crippen LogP contribution in [0.1, 0.15) is 27.2 Å². The lowest BCUT2D eigenvalue weighted by Gasteiger charge is -2.15. The van der Waals surface area contributed by atoms with Crippen LogP contribution in [0.25, 0.3) is 11.1 Å². The van der Waals surface area contributed by atoms with Crippen molar-refractivity contribution in [1.29, 1.82) is 0 Å². The van der Waals surface area contributed by atoms with E-state index in [2.05, 4.69) is 10.3 Å².